The van der Waals surface area contributed by atoms with Crippen LogP contribution < -0.4 is 0 Å². The van der Waals surface area contributed by atoms with Gasteiger partial charge in [-0.1, -0.05) is 54.6 Å². The van der Waals surface area contributed by atoms with Crippen molar-refractivity contribution in [2.24, 2.45) is 0 Å². The van der Waals surface area contributed by atoms with Gasteiger partial charge in [-0.3, -0.25) is 4.79 Å². The number of carbonyl (C=O) groups excluding carboxylic acids is 1. The average molecular weight is 254 g/mol. The minimum atomic E-state index is -1.75. The highest BCUT2D eigenvalue weighted by Crippen LogP contribution is 2.34. The highest BCUT2D eigenvalue weighted by atomic mass is 19.1. The highest BCUT2D eigenvalue weighted by Gasteiger charge is 2.42. The minimum absolute atomic E-state index is 0.168. The predicted octanol–water partition coefficient (Wildman–Crippen LogP) is 3.77. The monoisotopic (exact) mass is 254 g/mol. The van der Waals surface area contributed by atoms with Crippen LogP contribution in [0.5, 0.6) is 0 Å². The number of rotatable bonds is 2. The molecular weight excluding hydrogens is 239 g/mol. The van der Waals surface area contributed by atoms with Crippen LogP contribution in [0, 0.1) is 0 Å². The van der Waals surface area contributed by atoms with Crippen LogP contribution in [-0.2, 0) is 12.8 Å². The number of hydrogen-bond donors (Lipinski definition) is 0. The van der Waals surface area contributed by atoms with E-state index in [1.54, 1.807) is 12.1 Å². The van der Waals surface area contributed by atoms with Gasteiger partial charge in [0.15, 0.2) is 5.67 Å². The van der Waals surface area contributed by atoms with E-state index in [0.717, 1.165) is 11.1 Å². The SMILES string of the molecule is O=C1c2ccccc2CC[C@]1(F)Cc1ccccc1. The van der Waals surface area contributed by atoms with Gasteiger partial charge in [-0.05, 0) is 24.0 Å². The Balaban J connectivity index is 1.92. The van der Waals surface area contributed by atoms with Gasteiger partial charge < -0.3 is 0 Å². The smallest absolute Gasteiger partial charge is 0.200 e. The van der Waals surface area contributed by atoms with Crippen molar-refractivity contribution in [2.75, 3.05) is 0 Å². The van der Waals surface area contributed by atoms with Gasteiger partial charge in [-0.15, -0.1) is 0 Å². The van der Waals surface area contributed by atoms with E-state index in [1.165, 1.54) is 0 Å². The maximum Gasteiger partial charge on any atom is 0.200 e. The lowest BCUT2D eigenvalue weighted by Crippen LogP contribution is -2.40. The number of Topliss-reactive ketones (excluding diaryl/α,β-unsaturated/α-hetero) is 1. The molecule has 19 heavy (non-hydrogen) atoms. The third kappa shape index (κ3) is 2.19. The molecule has 2 heteroatoms. The van der Waals surface area contributed by atoms with E-state index in [1.807, 2.05) is 42.5 Å². The van der Waals surface area contributed by atoms with Gasteiger partial charge in [0.1, 0.15) is 0 Å². The van der Waals surface area contributed by atoms with Crippen molar-refractivity contribution < 1.29 is 9.18 Å². The summed E-state index contributed by atoms with van der Waals surface area (Å²) in [5.74, 6) is -0.363. The molecule has 0 spiro atoms. The van der Waals surface area contributed by atoms with Gasteiger partial charge in [0.25, 0.3) is 0 Å². The number of benzene rings is 2. The molecule has 1 aliphatic carbocycles. The van der Waals surface area contributed by atoms with E-state index in [-0.39, 0.29) is 18.6 Å². The quantitative estimate of drug-likeness (QED) is 0.797. The molecule has 1 atom stereocenters. The van der Waals surface area contributed by atoms with E-state index in [4.69, 9.17) is 0 Å². The van der Waals surface area contributed by atoms with E-state index < -0.39 is 5.67 Å². The first-order chi connectivity index (χ1) is 9.19. The molecule has 0 N–H and O–H groups in total. The van der Waals surface area contributed by atoms with E-state index in [9.17, 15) is 9.18 Å². The molecule has 2 aromatic carbocycles. The maximum atomic E-state index is 15.0. The first kappa shape index (κ1) is 12.1. The third-order valence-electron chi connectivity index (χ3n) is 3.79. The number of alkyl halides is 1. The molecule has 1 aliphatic rings. The summed E-state index contributed by atoms with van der Waals surface area (Å²) in [5, 5.41) is 0. The fraction of sp³-hybridized carbons (Fsp3) is 0.235. The Kier molecular flexibility index (Phi) is 2.94. The normalized spacial score (nSPS) is 22.1. The van der Waals surface area contributed by atoms with Crippen LogP contribution in [0.1, 0.15) is 27.9 Å². The van der Waals surface area contributed by atoms with Crippen LogP contribution >= 0.6 is 0 Å². The van der Waals surface area contributed by atoms with Gasteiger partial charge in [-0.2, -0.15) is 0 Å². The second-order valence-corrected chi connectivity index (χ2v) is 5.11. The van der Waals surface area contributed by atoms with Gasteiger partial charge in [0, 0.05) is 12.0 Å². The molecule has 96 valence electrons. The zero-order valence-corrected chi connectivity index (χ0v) is 10.6. The molecule has 0 bridgehead atoms. The Labute approximate surface area is 112 Å². The Morgan fingerprint density at radius 3 is 2.47 bits per heavy atom. The molecule has 0 saturated carbocycles. The van der Waals surface area contributed by atoms with Crippen LogP contribution in [0.2, 0.25) is 0 Å². The van der Waals surface area contributed by atoms with Crippen molar-refractivity contribution in [1.82, 2.24) is 0 Å². The first-order valence-electron chi connectivity index (χ1n) is 6.55. The molecule has 2 aromatic rings. The second-order valence-electron chi connectivity index (χ2n) is 5.11. The predicted molar refractivity (Wildman–Crippen MR) is 73.1 cm³/mol. The molecule has 0 unspecified atom stereocenters. The largest absolute Gasteiger partial charge is 0.291 e. The number of ketones is 1. The lowest BCUT2D eigenvalue weighted by Gasteiger charge is -2.29. The van der Waals surface area contributed by atoms with Gasteiger partial charge >= 0.3 is 0 Å². The zero-order valence-electron chi connectivity index (χ0n) is 10.6. The fourth-order valence-electron chi connectivity index (χ4n) is 2.74. The lowest BCUT2D eigenvalue weighted by molar-refractivity contribution is 0.0637. The van der Waals surface area contributed by atoms with Crippen LogP contribution in [0.3, 0.4) is 0 Å². The van der Waals surface area contributed by atoms with Crippen molar-refractivity contribution in [3.05, 3.63) is 71.3 Å². The summed E-state index contributed by atoms with van der Waals surface area (Å²) in [6.45, 7) is 0. The number of carbonyl (C=O) groups is 1. The minimum Gasteiger partial charge on any atom is -0.291 e. The van der Waals surface area contributed by atoms with Gasteiger partial charge in [-0.25, -0.2) is 4.39 Å². The average Bonchev–Trinajstić information content (AvgIpc) is 2.45. The van der Waals surface area contributed by atoms with Crippen molar-refractivity contribution in [3.8, 4) is 0 Å². The summed E-state index contributed by atoms with van der Waals surface area (Å²) in [7, 11) is 0. The van der Waals surface area contributed by atoms with Gasteiger partial charge in [0.05, 0.1) is 0 Å². The van der Waals surface area contributed by atoms with Gasteiger partial charge in [0.2, 0.25) is 5.78 Å². The molecule has 0 heterocycles. The Hall–Kier alpha value is -1.96. The molecule has 0 radical (unpaired) electrons. The van der Waals surface area contributed by atoms with Crippen LogP contribution in [-0.4, -0.2) is 11.5 Å². The molecule has 1 nitrogen and oxygen atoms in total. The molecule has 3 rings (SSSR count). The third-order valence-corrected chi connectivity index (χ3v) is 3.79. The van der Waals surface area contributed by atoms with Crippen molar-refractivity contribution in [1.29, 1.82) is 0 Å². The summed E-state index contributed by atoms with van der Waals surface area (Å²) in [4.78, 5) is 12.4. The molecule has 0 aromatic heterocycles. The number of fused-ring (bicyclic) bond motifs is 1. The lowest BCUT2D eigenvalue weighted by atomic mass is 9.77. The number of halogens is 1. The Bertz CT molecular complexity index is 606. The Morgan fingerprint density at radius 2 is 1.68 bits per heavy atom. The van der Waals surface area contributed by atoms with Crippen molar-refractivity contribution >= 4 is 5.78 Å². The summed E-state index contributed by atoms with van der Waals surface area (Å²) in [6.07, 6.45) is 1.07. The highest BCUT2D eigenvalue weighted by molar-refractivity contribution is 6.04. The molecule has 0 aliphatic heterocycles. The molecule has 0 amide bonds. The summed E-state index contributed by atoms with van der Waals surface area (Å²) in [6, 6.07) is 16.7. The van der Waals surface area contributed by atoms with E-state index in [2.05, 4.69) is 0 Å². The fourth-order valence-corrected chi connectivity index (χ4v) is 2.74. The molecule has 0 fully saturated rings. The Morgan fingerprint density at radius 1 is 1.00 bits per heavy atom. The molecular formula is C17H15FO. The maximum absolute atomic E-state index is 15.0. The van der Waals surface area contributed by atoms with Crippen molar-refractivity contribution in [2.45, 2.75) is 24.9 Å². The van der Waals surface area contributed by atoms with E-state index in [0.29, 0.717) is 12.0 Å². The second kappa shape index (κ2) is 4.61. The summed E-state index contributed by atoms with van der Waals surface area (Å²) >= 11 is 0. The van der Waals surface area contributed by atoms with Crippen LogP contribution in [0.15, 0.2) is 54.6 Å². The first-order valence-corrected chi connectivity index (χ1v) is 6.55. The number of hydrogen-bond acceptors (Lipinski definition) is 1. The summed E-state index contributed by atoms with van der Waals surface area (Å²) < 4.78 is 15.0. The summed E-state index contributed by atoms with van der Waals surface area (Å²) in [5.41, 5.74) is 0.633. The van der Waals surface area contributed by atoms with Crippen LogP contribution in [0.4, 0.5) is 4.39 Å². The topological polar surface area (TPSA) is 17.1 Å². The van der Waals surface area contributed by atoms with Crippen molar-refractivity contribution in [3.63, 3.8) is 0 Å². The van der Waals surface area contributed by atoms with Crippen LogP contribution in [0.25, 0.3) is 0 Å². The standard InChI is InChI=1S/C17H15FO/c18-17(12-13-6-2-1-3-7-13)11-10-14-8-4-5-9-15(14)16(17)19/h1-9H,10-12H2/t17-/m0/s1. The molecule has 0 saturated heterocycles. The number of aryl methyl sites for hydroxylation is 1. The zero-order chi connectivity index (χ0) is 13.3. The van der Waals surface area contributed by atoms with E-state index >= 15 is 0 Å².